The molecule has 3 N–H and O–H groups in total. The maximum Gasteiger partial charge on any atom is 0.276 e. The summed E-state index contributed by atoms with van der Waals surface area (Å²) in [6.45, 7) is 0.702. The van der Waals surface area contributed by atoms with Gasteiger partial charge < -0.3 is 20.5 Å². The summed E-state index contributed by atoms with van der Waals surface area (Å²) in [7, 11) is 3.15. The maximum atomic E-state index is 10.8. The zero-order valence-electron chi connectivity index (χ0n) is 10.9. The number of rotatable bonds is 8. The highest BCUT2D eigenvalue weighted by Gasteiger charge is 2.11. The molecule has 0 saturated heterocycles. The van der Waals surface area contributed by atoms with Crippen molar-refractivity contribution in [3.63, 3.8) is 0 Å². The van der Waals surface area contributed by atoms with Crippen molar-refractivity contribution in [1.82, 2.24) is 4.98 Å². The van der Waals surface area contributed by atoms with E-state index in [4.69, 9.17) is 4.74 Å². The number of anilines is 2. The minimum Gasteiger partial charge on any atom is -0.391 e. The average molecular weight is 270 g/mol. The minimum absolute atomic E-state index is 0.0423. The molecule has 0 amide bonds. The van der Waals surface area contributed by atoms with E-state index in [-0.39, 0.29) is 12.3 Å². The van der Waals surface area contributed by atoms with Crippen molar-refractivity contribution in [2.45, 2.75) is 12.5 Å². The summed E-state index contributed by atoms with van der Waals surface area (Å²) >= 11 is 0. The molecule has 1 unspecified atom stereocenters. The Hall–Kier alpha value is -1.93. The van der Waals surface area contributed by atoms with E-state index in [2.05, 4.69) is 15.6 Å². The quantitative estimate of drug-likeness (QED) is 0.474. The lowest BCUT2D eigenvalue weighted by atomic mass is 10.2. The fraction of sp³-hybridized carbons (Fsp3) is 0.545. The van der Waals surface area contributed by atoms with Crippen LogP contribution in [0.15, 0.2) is 12.1 Å². The molecule has 0 fully saturated rings. The standard InChI is InChI=1S/C11H18N4O4/c1-12-10-5-8(15(17)18)6-11(14-10)13-4-3-9(16)7-19-2/h5-6,9,16H,3-4,7H2,1-2H3,(H2,12,13,14). The molecule has 0 radical (unpaired) electrons. The number of methoxy groups -OCH3 is 1. The molecule has 0 spiro atoms. The van der Waals surface area contributed by atoms with Gasteiger partial charge in [0.2, 0.25) is 0 Å². The molecule has 1 atom stereocenters. The summed E-state index contributed by atoms with van der Waals surface area (Å²) in [5.74, 6) is 0.803. The van der Waals surface area contributed by atoms with Crippen molar-refractivity contribution in [3.8, 4) is 0 Å². The van der Waals surface area contributed by atoms with Crippen molar-refractivity contribution in [2.24, 2.45) is 0 Å². The first-order valence-electron chi connectivity index (χ1n) is 5.82. The first kappa shape index (κ1) is 15.1. The second-order valence-corrected chi connectivity index (χ2v) is 3.93. The predicted molar refractivity (Wildman–Crippen MR) is 71.4 cm³/mol. The third-order valence-corrected chi connectivity index (χ3v) is 2.42. The number of pyridine rings is 1. The molecule has 0 aromatic carbocycles. The fourth-order valence-corrected chi connectivity index (χ4v) is 1.48. The van der Waals surface area contributed by atoms with E-state index in [0.717, 1.165) is 0 Å². The first-order chi connectivity index (χ1) is 9.06. The summed E-state index contributed by atoms with van der Waals surface area (Å²) in [6.07, 6.45) is -0.104. The van der Waals surface area contributed by atoms with Crippen LogP contribution in [0.25, 0.3) is 0 Å². The Bertz CT molecular complexity index is 427. The van der Waals surface area contributed by atoms with Crippen LogP contribution in [-0.2, 0) is 4.74 Å². The van der Waals surface area contributed by atoms with Crippen molar-refractivity contribution in [2.75, 3.05) is 37.9 Å². The average Bonchev–Trinajstić information content (AvgIpc) is 2.38. The van der Waals surface area contributed by atoms with Gasteiger partial charge in [-0.05, 0) is 6.42 Å². The summed E-state index contributed by atoms with van der Waals surface area (Å²) in [5, 5.41) is 25.9. The number of ether oxygens (including phenoxy) is 1. The highest BCUT2D eigenvalue weighted by Crippen LogP contribution is 2.20. The number of aliphatic hydroxyl groups excluding tert-OH is 1. The molecule has 8 heteroatoms. The van der Waals surface area contributed by atoms with E-state index in [1.165, 1.54) is 19.2 Å². The fourth-order valence-electron chi connectivity index (χ4n) is 1.48. The monoisotopic (exact) mass is 270 g/mol. The van der Waals surface area contributed by atoms with Crippen molar-refractivity contribution >= 4 is 17.3 Å². The lowest BCUT2D eigenvalue weighted by molar-refractivity contribution is -0.384. The Balaban J connectivity index is 2.62. The van der Waals surface area contributed by atoms with E-state index in [9.17, 15) is 15.2 Å². The smallest absolute Gasteiger partial charge is 0.276 e. The summed E-state index contributed by atoms with van der Waals surface area (Å²) in [5.41, 5.74) is -0.0423. The molecule has 0 bridgehead atoms. The summed E-state index contributed by atoms with van der Waals surface area (Å²) < 4.78 is 4.80. The number of aliphatic hydroxyl groups is 1. The lowest BCUT2D eigenvalue weighted by Gasteiger charge is -2.11. The lowest BCUT2D eigenvalue weighted by Crippen LogP contribution is -2.18. The Kier molecular flexibility index (Phi) is 5.97. The van der Waals surface area contributed by atoms with Crippen LogP contribution >= 0.6 is 0 Å². The van der Waals surface area contributed by atoms with Gasteiger partial charge in [0.05, 0.1) is 29.8 Å². The largest absolute Gasteiger partial charge is 0.391 e. The normalized spacial score (nSPS) is 11.9. The van der Waals surface area contributed by atoms with Gasteiger partial charge in [0.25, 0.3) is 5.69 Å². The van der Waals surface area contributed by atoms with Gasteiger partial charge in [-0.25, -0.2) is 4.98 Å². The predicted octanol–water partition coefficient (Wildman–Crippen LogP) is 0.841. The zero-order valence-corrected chi connectivity index (χ0v) is 10.9. The van der Waals surface area contributed by atoms with Crippen LogP contribution in [0.2, 0.25) is 0 Å². The molecule has 1 aromatic rings. The van der Waals surface area contributed by atoms with Crippen LogP contribution in [0, 0.1) is 10.1 Å². The van der Waals surface area contributed by atoms with E-state index in [0.29, 0.717) is 24.6 Å². The van der Waals surface area contributed by atoms with Crippen LogP contribution in [0.1, 0.15) is 6.42 Å². The van der Waals surface area contributed by atoms with Crippen LogP contribution < -0.4 is 10.6 Å². The van der Waals surface area contributed by atoms with Crippen LogP contribution in [0.5, 0.6) is 0 Å². The highest BCUT2D eigenvalue weighted by molar-refractivity contribution is 5.54. The van der Waals surface area contributed by atoms with Gasteiger partial charge in [0.15, 0.2) is 0 Å². The maximum absolute atomic E-state index is 10.8. The summed E-state index contributed by atoms with van der Waals surface area (Å²) in [6, 6.07) is 2.70. The van der Waals surface area contributed by atoms with Crippen molar-refractivity contribution in [1.29, 1.82) is 0 Å². The molecule has 1 heterocycles. The first-order valence-corrected chi connectivity index (χ1v) is 5.82. The molecule has 0 aliphatic carbocycles. The Morgan fingerprint density at radius 2 is 2.21 bits per heavy atom. The minimum atomic E-state index is -0.569. The van der Waals surface area contributed by atoms with Crippen LogP contribution in [0.4, 0.5) is 17.3 Å². The van der Waals surface area contributed by atoms with Gasteiger partial charge in [-0.2, -0.15) is 0 Å². The Morgan fingerprint density at radius 3 is 2.79 bits per heavy atom. The SMILES string of the molecule is CNc1cc([N+](=O)[O-])cc(NCCC(O)COC)n1. The topological polar surface area (TPSA) is 110 Å². The number of nitrogens with zero attached hydrogens (tertiary/aromatic N) is 2. The third-order valence-electron chi connectivity index (χ3n) is 2.42. The van der Waals surface area contributed by atoms with E-state index < -0.39 is 11.0 Å². The van der Waals surface area contributed by atoms with Gasteiger partial charge in [-0.3, -0.25) is 10.1 Å². The zero-order chi connectivity index (χ0) is 14.3. The number of nitrogens with one attached hydrogen (secondary N) is 2. The van der Waals surface area contributed by atoms with Crippen molar-refractivity contribution in [3.05, 3.63) is 22.2 Å². The molecular weight excluding hydrogens is 252 g/mol. The van der Waals surface area contributed by atoms with Gasteiger partial charge >= 0.3 is 0 Å². The van der Waals surface area contributed by atoms with E-state index in [1.54, 1.807) is 7.05 Å². The summed E-state index contributed by atoms with van der Waals surface area (Å²) in [4.78, 5) is 14.4. The molecular formula is C11H18N4O4. The molecule has 8 nitrogen and oxygen atoms in total. The molecule has 1 aromatic heterocycles. The number of aromatic nitrogens is 1. The Morgan fingerprint density at radius 1 is 1.53 bits per heavy atom. The van der Waals surface area contributed by atoms with Gasteiger partial charge in [-0.1, -0.05) is 0 Å². The van der Waals surface area contributed by atoms with Gasteiger partial charge in [-0.15, -0.1) is 0 Å². The second-order valence-electron chi connectivity index (χ2n) is 3.93. The number of hydrogen-bond donors (Lipinski definition) is 3. The van der Waals surface area contributed by atoms with E-state index in [1.807, 2.05) is 0 Å². The van der Waals surface area contributed by atoms with Crippen LogP contribution in [0.3, 0.4) is 0 Å². The molecule has 0 saturated carbocycles. The molecule has 0 aliphatic rings. The van der Waals surface area contributed by atoms with Gasteiger partial charge in [0, 0.05) is 20.7 Å². The van der Waals surface area contributed by atoms with Crippen molar-refractivity contribution < 1.29 is 14.8 Å². The molecule has 0 aliphatic heterocycles. The molecule has 19 heavy (non-hydrogen) atoms. The Labute approximate surface area is 111 Å². The van der Waals surface area contributed by atoms with Gasteiger partial charge in [0.1, 0.15) is 11.6 Å². The molecule has 106 valence electrons. The third kappa shape index (κ3) is 5.06. The number of nitro groups is 1. The number of hydrogen-bond acceptors (Lipinski definition) is 7. The van der Waals surface area contributed by atoms with Crippen LogP contribution in [-0.4, -0.2) is 48.4 Å². The molecule has 1 rings (SSSR count). The van der Waals surface area contributed by atoms with E-state index >= 15 is 0 Å². The highest BCUT2D eigenvalue weighted by atomic mass is 16.6. The second kappa shape index (κ2) is 7.49.